The van der Waals surface area contributed by atoms with Crippen LogP contribution in [0.15, 0.2) is 72.8 Å². The Morgan fingerprint density at radius 2 is 1.04 bits per heavy atom. The van der Waals surface area contributed by atoms with Crippen molar-refractivity contribution in [3.8, 4) is 0 Å². The van der Waals surface area contributed by atoms with Crippen molar-refractivity contribution in [2.45, 2.75) is 39.5 Å². The van der Waals surface area contributed by atoms with Gasteiger partial charge in [0.2, 0.25) is 0 Å². The molecule has 0 saturated heterocycles. The third-order valence-electron chi connectivity index (χ3n) is 5.09. The van der Waals surface area contributed by atoms with Gasteiger partial charge in [0.15, 0.2) is 0 Å². The maximum Gasteiger partial charge on any atom is 0.00977 e. The first-order chi connectivity index (χ1) is 11.7. The molecule has 0 fully saturated rings. The van der Waals surface area contributed by atoms with Gasteiger partial charge in [-0.1, -0.05) is 72.8 Å². The van der Waals surface area contributed by atoms with Crippen molar-refractivity contribution in [1.29, 1.82) is 0 Å². The van der Waals surface area contributed by atoms with Gasteiger partial charge in [-0.3, -0.25) is 0 Å². The summed E-state index contributed by atoms with van der Waals surface area (Å²) in [6.07, 6.45) is 2.25. The molecule has 0 radical (unpaired) electrons. The maximum absolute atomic E-state index is 2.30. The van der Waals surface area contributed by atoms with Crippen LogP contribution >= 0.6 is 0 Å². The number of hydrogen-bond donors (Lipinski definition) is 0. The van der Waals surface area contributed by atoms with Gasteiger partial charge in [0.25, 0.3) is 0 Å². The molecule has 3 rings (SSSR count). The highest BCUT2D eigenvalue weighted by Crippen LogP contribution is 2.33. The van der Waals surface area contributed by atoms with Crippen molar-refractivity contribution in [2.24, 2.45) is 0 Å². The first-order valence-electron chi connectivity index (χ1n) is 8.82. The quantitative estimate of drug-likeness (QED) is 0.513. The SMILES string of the molecule is Cc1ccccc1CCC(c1ccccc1C)c1ccccc1C. The lowest BCUT2D eigenvalue weighted by Crippen LogP contribution is -2.07. The zero-order valence-corrected chi connectivity index (χ0v) is 14.9. The molecule has 0 unspecified atom stereocenters. The van der Waals surface area contributed by atoms with Gasteiger partial charge in [0.05, 0.1) is 0 Å². The highest BCUT2D eigenvalue weighted by atomic mass is 14.2. The lowest BCUT2D eigenvalue weighted by atomic mass is 9.82. The Labute approximate surface area is 146 Å². The maximum atomic E-state index is 2.30. The normalized spacial score (nSPS) is 11.0. The minimum absolute atomic E-state index is 0.451. The average molecular weight is 314 g/mol. The summed E-state index contributed by atoms with van der Waals surface area (Å²) < 4.78 is 0. The number of hydrogen-bond acceptors (Lipinski definition) is 0. The van der Waals surface area contributed by atoms with E-state index in [4.69, 9.17) is 0 Å². The van der Waals surface area contributed by atoms with E-state index >= 15 is 0 Å². The molecule has 0 aliphatic heterocycles. The van der Waals surface area contributed by atoms with E-state index < -0.39 is 0 Å². The Hall–Kier alpha value is -2.34. The second-order valence-corrected chi connectivity index (χ2v) is 6.73. The monoisotopic (exact) mass is 314 g/mol. The summed E-state index contributed by atoms with van der Waals surface area (Å²) in [6, 6.07) is 26.4. The second kappa shape index (κ2) is 7.49. The van der Waals surface area contributed by atoms with E-state index in [9.17, 15) is 0 Å². The zero-order valence-electron chi connectivity index (χ0n) is 14.9. The van der Waals surface area contributed by atoms with Gasteiger partial charge in [-0.15, -0.1) is 0 Å². The van der Waals surface area contributed by atoms with Gasteiger partial charge in [0, 0.05) is 5.92 Å². The first-order valence-corrected chi connectivity index (χ1v) is 8.82. The van der Waals surface area contributed by atoms with E-state index in [0.717, 1.165) is 12.8 Å². The van der Waals surface area contributed by atoms with Gasteiger partial charge in [-0.25, -0.2) is 0 Å². The molecule has 0 atom stereocenters. The molecule has 0 heterocycles. The van der Waals surface area contributed by atoms with Crippen LogP contribution < -0.4 is 0 Å². The fourth-order valence-corrected chi connectivity index (χ4v) is 3.62. The molecule has 0 nitrogen and oxygen atoms in total. The minimum Gasteiger partial charge on any atom is -0.0620 e. The molecule has 0 N–H and O–H groups in total. The van der Waals surface area contributed by atoms with Crippen LogP contribution in [0.5, 0.6) is 0 Å². The lowest BCUT2D eigenvalue weighted by molar-refractivity contribution is 0.705. The Kier molecular flexibility index (Phi) is 5.15. The second-order valence-electron chi connectivity index (χ2n) is 6.73. The zero-order chi connectivity index (χ0) is 16.9. The van der Waals surface area contributed by atoms with Gasteiger partial charge in [-0.05, 0) is 67.0 Å². The topological polar surface area (TPSA) is 0 Å². The van der Waals surface area contributed by atoms with Crippen LogP contribution in [-0.4, -0.2) is 0 Å². The molecular weight excluding hydrogens is 288 g/mol. The van der Waals surface area contributed by atoms with E-state index in [1.807, 2.05) is 0 Å². The van der Waals surface area contributed by atoms with E-state index in [1.54, 1.807) is 0 Å². The molecule has 3 aromatic rings. The third-order valence-corrected chi connectivity index (χ3v) is 5.09. The predicted octanol–water partition coefficient (Wildman–Crippen LogP) is 6.38. The number of rotatable bonds is 5. The summed E-state index contributed by atoms with van der Waals surface area (Å²) >= 11 is 0. The molecule has 3 aromatic carbocycles. The highest BCUT2D eigenvalue weighted by molar-refractivity contribution is 5.41. The molecule has 0 saturated carbocycles. The van der Waals surface area contributed by atoms with E-state index in [0.29, 0.717) is 5.92 Å². The third kappa shape index (κ3) is 3.59. The lowest BCUT2D eigenvalue weighted by Gasteiger charge is -2.22. The summed E-state index contributed by atoms with van der Waals surface area (Å²) in [7, 11) is 0. The number of benzene rings is 3. The Morgan fingerprint density at radius 1 is 0.583 bits per heavy atom. The highest BCUT2D eigenvalue weighted by Gasteiger charge is 2.18. The van der Waals surface area contributed by atoms with E-state index in [2.05, 4.69) is 93.6 Å². The summed E-state index contributed by atoms with van der Waals surface area (Å²) in [5.74, 6) is 0.451. The molecule has 122 valence electrons. The first kappa shape index (κ1) is 16.5. The van der Waals surface area contributed by atoms with Crippen molar-refractivity contribution in [3.63, 3.8) is 0 Å². The van der Waals surface area contributed by atoms with Crippen molar-refractivity contribution >= 4 is 0 Å². The van der Waals surface area contributed by atoms with Crippen LogP contribution in [0.1, 0.15) is 45.7 Å². The van der Waals surface area contributed by atoms with Crippen LogP contribution in [0.4, 0.5) is 0 Å². The fourth-order valence-electron chi connectivity index (χ4n) is 3.62. The van der Waals surface area contributed by atoms with E-state index in [-0.39, 0.29) is 0 Å². The van der Waals surface area contributed by atoms with Crippen molar-refractivity contribution in [3.05, 3.63) is 106 Å². The van der Waals surface area contributed by atoms with Crippen molar-refractivity contribution < 1.29 is 0 Å². The van der Waals surface area contributed by atoms with Crippen molar-refractivity contribution in [1.82, 2.24) is 0 Å². The molecule has 0 aliphatic carbocycles. The van der Waals surface area contributed by atoms with Crippen molar-refractivity contribution in [2.75, 3.05) is 0 Å². The summed E-state index contributed by atoms with van der Waals surface area (Å²) in [4.78, 5) is 0. The van der Waals surface area contributed by atoms with Crippen LogP contribution in [-0.2, 0) is 6.42 Å². The Bertz CT molecular complexity index is 768. The van der Waals surface area contributed by atoms with Crippen LogP contribution in [0.3, 0.4) is 0 Å². The summed E-state index contributed by atoms with van der Waals surface area (Å²) in [5.41, 5.74) is 8.54. The molecule has 0 aliphatic rings. The van der Waals surface area contributed by atoms with Gasteiger partial charge in [-0.2, -0.15) is 0 Å². The largest absolute Gasteiger partial charge is 0.0620 e. The standard InChI is InChI=1S/C24H26/c1-18-10-4-7-13-21(18)16-17-24(22-14-8-5-11-19(22)2)23-15-9-6-12-20(23)3/h4-15,24H,16-17H2,1-3H3. The van der Waals surface area contributed by atoms with Gasteiger partial charge >= 0.3 is 0 Å². The number of aryl methyl sites for hydroxylation is 4. The molecule has 0 bridgehead atoms. The van der Waals surface area contributed by atoms with Gasteiger partial charge in [0.1, 0.15) is 0 Å². The molecule has 0 amide bonds. The summed E-state index contributed by atoms with van der Waals surface area (Å²) in [6.45, 7) is 6.68. The van der Waals surface area contributed by atoms with Gasteiger partial charge < -0.3 is 0 Å². The van der Waals surface area contributed by atoms with Crippen LogP contribution in [0.25, 0.3) is 0 Å². The molecule has 0 aromatic heterocycles. The molecular formula is C24H26. The molecule has 24 heavy (non-hydrogen) atoms. The molecule has 0 spiro atoms. The average Bonchev–Trinajstić information content (AvgIpc) is 2.59. The molecule has 0 heteroatoms. The van der Waals surface area contributed by atoms with E-state index in [1.165, 1.54) is 33.4 Å². The summed E-state index contributed by atoms with van der Waals surface area (Å²) in [5, 5.41) is 0. The minimum atomic E-state index is 0.451. The predicted molar refractivity (Wildman–Crippen MR) is 104 cm³/mol. The Morgan fingerprint density at radius 3 is 1.54 bits per heavy atom. The fraction of sp³-hybridized carbons (Fsp3) is 0.250. The van der Waals surface area contributed by atoms with Crippen LogP contribution in [0.2, 0.25) is 0 Å². The Balaban J connectivity index is 1.96. The van der Waals surface area contributed by atoms with Crippen LogP contribution in [0, 0.1) is 20.8 Å². The smallest absolute Gasteiger partial charge is 0.00977 e.